The van der Waals surface area contributed by atoms with Crippen molar-refractivity contribution in [3.8, 4) is 22.6 Å². The Morgan fingerprint density at radius 1 is 0.711 bits per heavy atom. The van der Waals surface area contributed by atoms with E-state index in [0.717, 1.165) is 22.3 Å². The van der Waals surface area contributed by atoms with Crippen LogP contribution >= 0.6 is 0 Å². The summed E-state index contributed by atoms with van der Waals surface area (Å²) >= 11 is 0. The first-order valence-corrected chi connectivity index (χ1v) is 12.7. The molecule has 4 aromatic rings. The maximum atomic E-state index is 13.9. The van der Waals surface area contributed by atoms with Gasteiger partial charge in [-0.2, -0.15) is 0 Å². The Hall–Kier alpha value is -4.38. The van der Waals surface area contributed by atoms with Gasteiger partial charge in [0.15, 0.2) is 0 Å². The molecule has 38 heavy (non-hydrogen) atoms. The Labute approximate surface area is 222 Å². The lowest BCUT2D eigenvalue weighted by Gasteiger charge is -2.49. The zero-order valence-electron chi connectivity index (χ0n) is 21.6. The minimum absolute atomic E-state index is 0.425. The lowest BCUT2D eigenvalue weighted by molar-refractivity contribution is -0.158. The quantitative estimate of drug-likeness (QED) is 0.221. The normalized spacial score (nSPS) is 20.3. The Morgan fingerprint density at radius 2 is 1.37 bits per heavy atom. The lowest BCUT2D eigenvalue weighted by atomic mass is 9.52. The molecule has 0 heterocycles. The molecular formula is C33H30O5. The first-order chi connectivity index (χ1) is 18.4. The van der Waals surface area contributed by atoms with E-state index < -0.39 is 35.6 Å². The summed E-state index contributed by atoms with van der Waals surface area (Å²) in [6.45, 7) is 3.98. The van der Waals surface area contributed by atoms with E-state index in [0.29, 0.717) is 17.1 Å². The number of ether oxygens (including phenoxy) is 2. The maximum absolute atomic E-state index is 13.9. The highest BCUT2D eigenvalue weighted by Gasteiger charge is 2.60. The van der Waals surface area contributed by atoms with Gasteiger partial charge in [-0.25, -0.2) is 0 Å². The molecule has 0 saturated heterocycles. The van der Waals surface area contributed by atoms with Gasteiger partial charge in [-0.3, -0.25) is 9.59 Å². The first-order valence-electron chi connectivity index (χ1n) is 12.7. The smallest absolute Gasteiger partial charge is 0.315 e. The zero-order chi connectivity index (χ0) is 26.8. The zero-order valence-corrected chi connectivity index (χ0v) is 21.6. The average molecular weight is 507 g/mol. The van der Waals surface area contributed by atoms with Crippen LogP contribution < -0.4 is 9.47 Å². The summed E-state index contributed by atoms with van der Waals surface area (Å²) in [5.41, 5.74) is 5.61. The van der Waals surface area contributed by atoms with E-state index in [1.807, 2.05) is 98.8 Å². The van der Waals surface area contributed by atoms with E-state index >= 15 is 0 Å². The van der Waals surface area contributed by atoms with E-state index in [2.05, 4.69) is 0 Å². The van der Waals surface area contributed by atoms with Gasteiger partial charge in [-0.05, 0) is 59.9 Å². The number of carbonyl (C=O) groups is 2. The third kappa shape index (κ3) is 4.68. The first kappa shape index (κ1) is 25.3. The minimum Gasteiger partial charge on any atom is -0.496 e. The Balaban J connectivity index is 1.53. The number of carboxylic acids is 1. The van der Waals surface area contributed by atoms with E-state index in [1.165, 1.54) is 5.56 Å². The summed E-state index contributed by atoms with van der Waals surface area (Å²) in [6, 6.07) is 30.5. The Kier molecular flexibility index (Phi) is 7.01. The van der Waals surface area contributed by atoms with Crippen LogP contribution in [0.4, 0.5) is 0 Å². The number of aliphatic carboxylic acids is 1. The van der Waals surface area contributed by atoms with Crippen molar-refractivity contribution in [1.29, 1.82) is 0 Å². The summed E-state index contributed by atoms with van der Waals surface area (Å²) in [4.78, 5) is 26.5. The van der Waals surface area contributed by atoms with Crippen molar-refractivity contribution in [1.82, 2.24) is 0 Å². The molecule has 0 aliphatic heterocycles. The number of para-hydroxylation sites is 1. The lowest BCUT2D eigenvalue weighted by Crippen LogP contribution is -2.52. The fourth-order valence-electron chi connectivity index (χ4n) is 5.69. The summed E-state index contributed by atoms with van der Waals surface area (Å²) in [5.74, 6) is -3.04. The summed E-state index contributed by atoms with van der Waals surface area (Å²) in [7, 11) is 1.55. The standard InChI is InChI=1S/C33H30O5/c1-20-15-17-22(18-16-20)23-10-8-11-24(19-23)38-33(36)31-28(25-12-5-4-9-21(25)2)30(32(34)35)29(31)26-13-6-7-14-27(26)37-3/h4-19,28-31H,1-3H3,(H,34,35)/t28-,29-,30-,31+/m0/s1. The number of rotatable bonds is 7. The minimum atomic E-state index is -0.945. The van der Waals surface area contributed by atoms with Crippen LogP contribution in [0, 0.1) is 25.7 Å². The predicted octanol–water partition coefficient (Wildman–Crippen LogP) is 6.78. The van der Waals surface area contributed by atoms with Gasteiger partial charge in [0.1, 0.15) is 11.5 Å². The molecule has 1 N–H and O–H groups in total. The van der Waals surface area contributed by atoms with E-state index in [9.17, 15) is 14.7 Å². The number of carbonyl (C=O) groups excluding carboxylic acids is 1. The second-order valence-electron chi connectivity index (χ2n) is 9.85. The van der Waals surface area contributed by atoms with Crippen LogP contribution in [0.5, 0.6) is 11.5 Å². The second kappa shape index (κ2) is 10.5. The molecule has 1 fully saturated rings. The molecule has 0 radical (unpaired) electrons. The molecule has 0 spiro atoms. The highest BCUT2D eigenvalue weighted by molar-refractivity contribution is 5.86. The van der Waals surface area contributed by atoms with Gasteiger partial charge < -0.3 is 14.6 Å². The van der Waals surface area contributed by atoms with Gasteiger partial charge in [-0.1, -0.05) is 84.4 Å². The highest BCUT2D eigenvalue weighted by atomic mass is 16.5. The van der Waals surface area contributed by atoms with Crippen LogP contribution in [-0.2, 0) is 9.59 Å². The van der Waals surface area contributed by atoms with E-state index in [-0.39, 0.29) is 0 Å². The van der Waals surface area contributed by atoms with Gasteiger partial charge in [0.25, 0.3) is 0 Å². The molecule has 0 bridgehead atoms. The predicted molar refractivity (Wildman–Crippen MR) is 147 cm³/mol. The number of aryl methyl sites for hydroxylation is 2. The Bertz CT molecular complexity index is 1470. The van der Waals surface area contributed by atoms with Crippen LogP contribution in [0.1, 0.15) is 34.1 Å². The summed E-state index contributed by atoms with van der Waals surface area (Å²) in [6.07, 6.45) is 0. The van der Waals surface area contributed by atoms with Crippen molar-refractivity contribution >= 4 is 11.9 Å². The van der Waals surface area contributed by atoms with Gasteiger partial charge in [0, 0.05) is 11.8 Å². The van der Waals surface area contributed by atoms with Gasteiger partial charge in [0.05, 0.1) is 18.9 Å². The van der Waals surface area contributed by atoms with Crippen LogP contribution in [0.3, 0.4) is 0 Å². The van der Waals surface area contributed by atoms with Gasteiger partial charge in [-0.15, -0.1) is 0 Å². The molecule has 4 atom stereocenters. The van der Waals surface area contributed by atoms with Crippen molar-refractivity contribution in [3.63, 3.8) is 0 Å². The molecule has 1 aliphatic carbocycles. The third-order valence-corrected chi connectivity index (χ3v) is 7.59. The summed E-state index contributed by atoms with van der Waals surface area (Å²) < 4.78 is 11.5. The van der Waals surface area contributed by atoms with E-state index in [4.69, 9.17) is 9.47 Å². The fourth-order valence-corrected chi connectivity index (χ4v) is 5.69. The van der Waals surface area contributed by atoms with Crippen molar-refractivity contribution in [2.24, 2.45) is 11.8 Å². The van der Waals surface area contributed by atoms with Gasteiger partial charge >= 0.3 is 11.9 Å². The highest BCUT2D eigenvalue weighted by Crippen LogP contribution is 2.59. The van der Waals surface area contributed by atoms with Crippen molar-refractivity contribution in [2.45, 2.75) is 25.7 Å². The average Bonchev–Trinajstić information content (AvgIpc) is 2.90. The molecule has 192 valence electrons. The number of esters is 1. The molecule has 4 aromatic carbocycles. The van der Waals surface area contributed by atoms with Crippen molar-refractivity contribution < 1.29 is 24.2 Å². The second-order valence-corrected chi connectivity index (χ2v) is 9.85. The molecule has 0 amide bonds. The third-order valence-electron chi connectivity index (χ3n) is 7.59. The molecular weight excluding hydrogens is 476 g/mol. The van der Waals surface area contributed by atoms with Crippen LogP contribution in [0.25, 0.3) is 11.1 Å². The molecule has 0 unspecified atom stereocenters. The number of carboxylic acid groups (broad SMARTS) is 1. The van der Waals surface area contributed by atoms with Crippen molar-refractivity contribution in [3.05, 3.63) is 119 Å². The fraction of sp³-hybridized carbons (Fsp3) is 0.212. The van der Waals surface area contributed by atoms with E-state index in [1.54, 1.807) is 19.2 Å². The largest absolute Gasteiger partial charge is 0.496 e. The van der Waals surface area contributed by atoms with Crippen molar-refractivity contribution in [2.75, 3.05) is 7.11 Å². The molecule has 1 saturated carbocycles. The number of hydrogen-bond donors (Lipinski definition) is 1. The monoisotopic (exact) mass is 506 g/mol. The maximum Gasteiger partial charge on any atom is 0.315 e. The van der Waals surface area contributed by atoms with Crippen LogP contribution in [0.2, 0.25) is 0 Å². The van der Waals surface area contributed by atoms with Crippen LogP contribution in [0.15, 0.2) is 97.1 Å². The molecule has 5 rings (SSSR count). The molecule has 5 nitrogen and oxygen atoms in total. The molecule has 0 aromatic heterocycles. The Morgan fingerprint density at radius 3 is 2.05 bits per heavy atom. The number of hydrogen-bond acceptors (Lipinski definition) is 4. The number of methoxy groups -OCH3 is 1. The number of benzene rings is 4. The van der Waals surface area contributed by atoms with Crippen LogP contribution in [-0.4, -0.2) is 24.2 Å². The SMILES string of the molecule is COc1ccccc1[C@@H]1[C@H](C(=O)Oc2cccc(-c3ccc(C)cc3)c2)[C@@H](c2ccccc2C)[C@@H]1C(=O)O. The topological polar surface area (TPSA) is 72.8 Å². The van der Waals surface area contributed by atoms with Gasteiger partial charge in [0.2, 0.25) is 0 Å². The summed E-state index contributed by atoms with van der Waals surface area (Å²) in [5, 5.41) is 10.3. The molecule has 5 heteroatoms. The molecule has 1 aliphatic rings.